The number of aryl methyl sites for hydroxylation is 1. The fraction of sp³-hybridized carbons (Fsp3) is 0.438. The molecule has 2 nitrogen and oxygen atoms in total. The van der Waals surface area contributed by atoms with Crippen LogP contribution in [0.5, 0.6) is 0 Å². The van der Waals surface area contributed by atoms with Gasteiger partial charge in [0.15, 0.2) is 5.78 Å². The number of hydrogen-bond donors (Lipinski definition) is 0. The Morgan fingerprint density at radius 2 is 2.00 bits per heavy atom. The number of allylic oxidation sites excluding steroid dienone is 2. The van der Waals surface area contributed by atoms with Crippen LogP contribution >= 0.6 is 0 Å². The van der Waals surface area contributed by atoms with E-state index in [1.807, 2.05) is 6.08 Å². The fourth-order valence-corrected chi connectivity index (χ4v) is 3.23. The quantitative estimate of drug-likeness (QED) is 0.695. The first-order chi connectivity index (χ1) is 8.56. The smallest absolute Gasteiger partial charge is 0.159 e. The lowest BCUT2D eigenvalue weighted by molar-refractivity contribution is -0.115. The summed E-state index contributed by atoms with van der Waals surface area (Å²) in [5, 5.41) is 0. The van der Waals surface area contributed by atoms with E-state index in [4.69, 9.17) is 0 Å². The number of benzene rings is 1. The normalized spacial score (nSPS) is 26.5. The second-order valence-corrected chi connectivity index (χ2v) is 5.70. The van der Waals surface area contributed by atoms with E-state index in [0.29, 0.717) is 12.3 Å². The number of carbonyl (C=O) groups excluding carboxylic acids is 1. The van der Waals surface area contributed by atoms with E-state index in [-0.39, 0.29) is 11.8 Å². The average molecular weight is 241 g/mol. The van der Waals surface area contributed by atoms with Gasteiger partial charge in [0.2, 0.25) is 0 Å². The van der Waals surface area contributed by atoms with Crippen LogP contribution < -0.4 is 4.90 Å². The first-order valence-electron chi connectivity index (χ1n) is 6.69. The van der Waals surface area contributed by atoms with Crippen molar-refractivity contribution in [2.45, 2.75) is 39.7 Å². The van der Waals surface area contributed by atoms with Gasteiger partial charge in [0.25, 0.3) is 0 Å². The Bertz CT molecular complexity index is 544. The van der Waals surface area contributed by atoms with Gasteiger partial charge in [-0.05, 0) is 31.9 Å². The highest BCUT2D eigenvalue weighted by Crippen LogP contribution is 2.40. The second kappa shape index (κ2) is 3.98. The summed E-state index contributed by atoms with van der Waals surface area (Å²) < 4.78 is 0. The maximum atomic E-state index is 11.7. The van der Waals surface area contributed by atoms with E-state index in [1.165, 1.54) is 22.5 Å². The summed E-state index contributed by atoms with van der Waals surface area (Å²) in [6, 6.07) is 6.93. The monoisotopic (exact) mass is 241 g/mol. The van der Waals surface area contributed by atoms with Crippen LogP contribution in [0.25, 0.3) is 0 Å². The van der Waals surface area contributed by atoms with Crippen LogP contribution in [0, 0.1) is 12.8 Å². The van der Waals surface area contributed by atoms with Gasteiger partial charge in [0, 0.05) is 35.8 Å². The van der Waals surface area contributed by atoms with Gasteiger partial charge in [-0.2, -0.15) is 0 Å². The second-order valence-electron chi connectivity index (χ2n) is 5.70. The molecule has 0 fully saturated rings. The van der Waals surface area contributed by atoms with Crippen LogP contribution in [0.4, 0.5) is 5.69 Å². The molecule has 2 aliphatic rings. The summed E-state index contributed by atoms with van der Waals surface area (Å²) in [4.78, 5) is 14.1. The number of rotatable bonds is 0. The number of carbonyl (C=O) groups is 1. The van der Waals surface area contributed by atoms with E-state index < -0.39 is 0 Å². The molecule has 18 heavy (non-hydrogen) atoms. The number of hydrogen-bond acceptors (Lipinski definition) is 2. The van der Waals surface area contributed by atoms with Gasteiger partial charge in [-0.25, -0.2) is 0 Å². The Hall–Kier alpha value is -1.57. The van der Waals surface area contributed by atoms with Crippen molar-refractivity contribution in [1.29, 1.82) is 0 Å². The summed E-state index contributed by atoms with van der Waals surface area (Å²) in [6.45, 7) is 6.50. The highest BCUT2D eigenvalue weighted by Gasteiger charge is 2.33. The maximum Gasteiger partial charge on any atom is 0.159 e. The van der Waals surface area contributed by atoms with Gasteiger partial charge in [-0.15, -0.1) is 0 Å². The Labute approximate surface area is 108 Å². The summed E-state index contributed by atoms with van der Waals surface area (Å²) in [7, 11) is 0. The maximum absolute atomic E-state index is 11.7. The molecule has 94 valence electrons. The molecular formula is C16H19NO. The summed E-state index contributed by atoms with van der Waals surface area (Å²) >= 11 is 0. The molecule has 0 aliphatic carbocycles. The Kier molecular flexibility index (Phi) is 2.54. The van der Waals surface area contributed by atoms with E-state index in [0.717, 1.165) is 6.42 Å². The Balaban J connectivity index is 2.16. The summed E-state index contributed by atoms with van der Waals surface area (Å²) in [5.74, 6) is 0.710. The predicted octanol–water partition coefficient (Wildman–Crippen LogP) is 3.24. The number of fused-ring (bicyclic) bond motifs is 3. The molecule has 0 aromatic heterocycles. The van der Waals surface area contributed by atoms with Crippen LogP contribution in [-0.2, 0) is 11.2 Å². The van der Waals surface area contributed by atoms with Crippen LogP contribution in [-0.4, -0.2) is 11.8 Å². The molecule has 0 radical (unpaired) electrons. The van der Waals surface area contributed by atoms with Crippen molar-refractivity contribution in [3.63, 3.8) is 0 Å². The number of ketones is 1. The zero-order valence-corrected chi connectivity index (χ0v) is 11.2. The molecule has 2 atom stereocenters. The van der Waals surface area contributed by atoms with Crippen molar-refractivity contribution >= 4 is 11.5 Å². The molecule has 0 saturated carbocycles. The van der Waals surface area contributed by atoms with E-state index in [1.54, 1.807) is 0 Å². The fourth-order valence-electron chi connectivity index (χ4n) is 3.23. The van der Waals surface area contributed by atoms with Gasteiger partial charge >= 0.3 is 0 Å². The number of nitrogens with zero attached hydrogens (tertiary/aromatic N) is 1. The minimum Gasteiger partial charge on any atom is -0.341 e. The van der Waals surface area contributed by atoms with Crippen LogP contribution in [0.3, 0.4) is 0 Å². The molecule has 3 rings (SSSR count). The zero-order valence-electron chi connectivity index (χ0n) is 11.2. The standard InChI is InChI=1S/C16H19NO/c1-10-4-5-15-13(6-10)7-11(2)16-9-14(18)8-12(3)17(15)16/h4-6,9,11-12H,7-8H2,1-3H3. The lowest BCUT2D eigenvalue weighted by atomic mass is 9.85. The van der Waals surface area contributed by atoms with E-state index in [9.17, 15) is 4.79 Å². The molecule has 0 bridgehead atoms. The molecule has 2 heterocycles. The van der Waals surface area contributed by atoms with Crippen molar-refractivity contribution in [3.05, 3.63) is 41.1 Å². The van der Waals surface area contributed by atoms with Crippen LogP contribution in [0.2, 0.25) is 0 Å². The number of anilines is 1. The zero-order chi connectivity index (χ0) is 12.9. The van der Waals surface area contributed by atoms with Crippen molar-refractivity contribution in [2.24, 2.45) is 5.92 Å². The first kappa shape index (κ1) is 11.5. The predicted molar refractivity (Wildman–Crippen MR) is 73.7 cm³/mol. The molecular weight excluding hydrogens is 222 g/mol. The molecule has 0 N–H and O–H groups in total. The minimum atomic E-state index is 0.274. The van der Waals surface area contributed by atoms with Crippen LogP contribution in [0.1, 0.15) is 31.4 Å². The molecule has 2 unspecified atom stereocenters. The van der Waals surface area contributed by atoms with E-state index >= 15 is 0 Å². The third-order valence-electron chi connectivity index (χ3n) is 4.05. The van der Waals surface area contributed by atoms with Crippen molar-refractivity contribution in [1.82, 2.24) is 0 Å². The molecule has 1 aromatic carbocycles. The lowest BCUT2D eigenvalue weighted by Crippen LogP contribution is -2.43. The largest absolute Gasteiger partial charge is 0.341 e. The van der Waals surface area contributed by atoms with Gasteiger partial charge in [-0.3, -0.25) is 4.79 Å². The molecule has 0 saturated heterocycles. The summed E-state index contributed by atoms with van der Waals surface area (Å²) in [6.07, 6.45) is 3.52. The van der Waals surface area contributed by atoms with Crippen molar-refractivity contribution in [3.8, 4) is 0 Å². The summed E-state index contributed by atoms with van der Waals surface area (Å²) in [5.41, 5.74) is 5.23. The van der Waals surface area contributed by atoms with Crippen molar-refractivity contribution < 1.29 is 4.79 Å². The minimum absolute atomic E-state index is 0.274. The third kappa shape index (κ3) is 1.67. The SMILES string of the molecule is Cc1ccc2c(c1)CC(C)C1=CC(=O)CC(C)N12. The Morgan fingerprint density at radius 1 is 1.22 bits per heavy atom. The van der Waals surface area contributed by atoms with Crippen LogP contribution in [0.15, 0.2) is 30.0 Å². The Morgan fingerprint density at radius 3 is 2.78 bits per heavy atom. The molecule has 2 aliphatic heterocycles. The molecule has 0 spiro atoms. The van der Waals surface area contributed by atoms with Crippen molar-refractivity contribution in [2.75, 3.05) is 4.90 Å². The van der Waals surface area contributed by atoms with Gasteiger partial charge in [0.05, 0.1) is 0 Å². The average Bonchev–Trinajstić information content (AvgIpc) is 2.29. The molecule has 2 heteroatoms. The highest BCUT2D eigenvalue weighted by molar-refractivity contribution is 5.94. The van der Waals surface area contributed by atoms with E-state index in [2.05, 4.69) is 43.9 Å². The third-order valence-corrected chi connectivity index (χ3v) is 4.05. The molecule has 1 aromatic rings. The van der Waals surface area contributed by atoms with Gasteiger partial charge < -0.3 is 4.90 Å². The molecule has 0 amide bonds. The van der Waals surface area contributed by atoms with Gasteiger partial charge in [0.1, 0.15) is 0 Å². The topological polar surface area (TPSA) is 20.3 Å². The highest BCUT2D eigenvalue weighted by atomic mass is 16.1. The lowest BCUT2D eigenvalue weighted by Gasteiger charge is -2.43. The van der Waals surface area contributed by atoms with Gasteiger partial charge in [-0.1, -0.05) is 24.6 Å². The first-order valence-corrected chi connectivity index (χ1v) is 6.69.